The largest absolute Gasteiger partial charge is 0.370 e. The van der Waals surface area contributed by atoms with Crippen molar-refractivity contribution in [2.75, 3.05) is 21.1 Å². The highest BCUT2D eigenvalue weighted by atomic mass is 127. The number of nitrogens with zero attached hydrogens (tertiary/aromatic N) is 2. The molecule has 4 nitrogen and oxygen atoms in total. The molecule has 5 heteroatoms. The molecule has 0 amide bonds. The molecule has 0 saturated heterocycles. The lowest BCUT2D eigenvalue weighted by Crippen LogP contribution is -2.30. The molecule has 0 unspecified atom stereocenters. The van der Waals surface area contributed by atoms with E-state index in [1.807, 2.05) is 0 Å². The molecule has 0 aliphatic heterocycles. The van der Waals surface area contributed by atoms with Gasteiger partial charge in [0, 0.05) is 20.1 Å². The molecule has 0 atom stereocenters. The maximum atomic E-state index is 5.55. The van der Waals surface area contributed by atoms with Crippen molar-refractivity contribution in [3.8, 4) is 0 Å². The van der Waals surface area contributed by atoms with E-state index < -0.39 is 0 Å². The van der Waals surface area contributed by atoms with E-state index in [2.05, 4.69) is 53.6 Å². The van der Waals surface area contributed by atoms with E-state index in [1.54, 1.807) is 7.05 Å². The molecule has 0 heterocycles. The third-order valence-electron chi connectivity index (χ3n) is 2.24. The Hall–Kier alpha value is -0.820. The van der Waals surface area contributed by atoms with Gasteiger partial charge in [0.15, 0.2) is 5.96 Å². The van der Waals surface area contributed by atoms with Gasteiger partial charge in [-0.25, -0.2) is 0 Å². The summed E-state index contributed by atoms with van der Waals surface area (Å²) in [5.74, 6) is 0.470. The van der Waals surface area contributed by atoms with Crippen molar-refractivity contribution in [1.29, 1.82) is 0 Å². The van der Waals surface area contributed by atoms with Crippen LogP contribution in [-0.2, 0) is 13.1 Å². The van der Waals surface area contributed by atoms with Crippen LogP contribution in [0, 0.1) is 0 Å². The molecule has 0 radical (unpaired) electrons. The summed E-state index contributed by atoms with van der Waals surface area (Å²) in [7, 11) is 5.80. The molecule has 1 aromatic carbocycles. The fourth-order valence-electron chi connectivity index (χ4n) is 1.40. The van der Waals surface area contributed by atoms with Crippen molar-refractivity contribution in [2.24, 2.45) is 10.7 Å². The molecule has 0 saturated carbocycles. The molecule has 0 aliphatic carbocycles. The monoisotopic (exact) mass is 348 g/mol. The number of hydrogen-bond donors (Lipinski definition) is 2. The molecule has 0 aromatic heterocycles. The summed E-state index contributed by atoms with van der Waals surface area (Å²) in [5, 5.41) is 3.03. The van der Waals surface area contributed by atoms with E-state index in [0.717, 1.165) is 6.54 Å². The zero-order valence-corrected chi connectivity index (χ0v) is 12.9. The number of hydrogen-bond acceptors (Lipinski definition) is 2. The van der Waals surface area contributed by atoms with Crippen molar-refractivity contribution in [3.05, 3.63) is 35.4 Å². The lowest BCUT2D eigenvalue weighted by atomic mass is 10.1. The summed E-state index contributed by atoms with van der Waals surface area (Å²) in [5.41, 5.74) is 8.06. The van der Waals surface area contributed by atoms with E-state index >= 15 is 0 Å². The van der Waals surface area contributed by atoms with Crippen LogP contribution >= 0.6 is 24.0 Å². The van der Waals surface area contributed by atoms with Crippen molar-refractivity contribution in [1.82, 2.24) is 10.2 Å². The number of aliphatic imine (C=N–C) groups is 1. The van der Waals surface area contributed by atoms with Gasteiger partial charge < -0.3 is 16.0 Å². The summed E-state index contributed by atoms with van der Waals surface area (Å²) in [6, 6.07) is 8.48. The highest BCUT2D eigenvalue weighted by molar-refractivity contribution is 14.0. The highest BCUT2D eigenvalue weighted by Crippen LogP contribution is 2.05. The molecule has 3 N–H and O–H groups in total. The number of nitrogens with one attached hydrogen (secondary N) is 1. The third-order valence-corrected chi connectivity index (χ3v) is 2.24. The Balaban J connectivity index is 0.00000256. The first kappa shape index (κ1) is 16.2. The van der Waals surface area contributed by atoms with Crippen LogP contribution in [-0.4, -0.2) is 32.0 Å². The van der Waals surface area contributed by atoms with Gasteiger partial charge in [0.25, 0.3) is 0 Å². The maximum absolute atomic E-state index is 5.55. The first-order valence-corrected chi connectivity index (χ1v) is 5.30. The summed E-state index contributed by atoms with van der Waals surface area (Å²) in [4.78, 5) is 5.98. The summed E-state index contributed by atoms with van der Waals surface area (Å²) < 4.78 is 0. The fourth-order valence-corrected chi connectivity index (χ4v) is 1.40. The molecule has 0 aliphatic rings. The van der Waals surface area contributed by atoms with Crippen LogP contribution in [0.4, 0.5) is 0 Å². The minimum absolute atomic E-state index is 0. The van der Waals surface area contributed by atoms with E-state index in [-0.39, 0.29) is 24.0 Å². The minimum atomic E-state index is 0. The first-order chi connectivity index (χ1) is 7.61. The second-order valence-corrected chi connectivity index (χ2v) is 4.02. The molecular formula is C12H21IN4. The summed E-state index contributed by atoms with van der Waals surface area (Å²) in [6.07, 6.45) is 0. The van der Waals surface area contributed by atoms with Gasteiger partial charge >= 0.3 is 0 Å². The van der Waals surface area contributed by atoms with Crippen LogP contribution < -0.4 is 11.1 Å². The molecule has 17 heavy (non-hydrogen) atoms. The maximum Gasteiger partial charge on any atom is 0.188 e. The second kappa shape index (κ2) is 8.30. The van der Waals surface area contributed by atoms with Gasteiger partial charge in [0.1, 0.15) is 0 Å². The third kappa shape index (κ3) is 6.48. The lowest BCUT2D eigenvalue weighted by molar-refractivity contribution is 0.402. The van der Waals surface area contributed by atoms with Gasteiger partial charge in [-0.15, -0.1) is 24.0 Å². The Bertz CT molecular complexity index is 346. The Morgan fingerprint density at radius 2 is 1.76 bits per heavy atom. The Morgan fingerprint density at radius 1 is 1.24 bits per heavy atom. The van der Waals surface area contributed by atoms with Crippen LogP contribution in [0.15, 0.2) is 29.3 Å². The second-order valence-electron chi connectivity index (χ2n) is 4.02. The van der Waals surface area contributed by atoms with E-state index in [0.29, 0.717) is 12.5 Å². The number of rotatable bonds is 4. The van der Waals surface area contributed by atoms with Gasteiger partial charge in [-0.05, 0) is 25.2 Å². The van der Waals surface area contributed by atoms with E-state index in [4.69, 9.17) is 5.73 Å². The average molecular weight is 348 g/mol. The SMILES string of the molecule is CN=C(N)NCc1ccc(CN(C)C)cc1.I. The van der Waals surface area contributed by atoms with E-state index in [1.165, 1.54) is 11.1 Å². The highest BCUT2D eigenvalue weighted by Gasteiger charge is 1.97. The lowest BCUT2D eigenvalue weighted by Gasteiger charge is -2.10. The smallest absolute Gasteiger partial charge is 0.188 e. The van der Waals surface area contributed by atoms with Gasteiger partial charge in [-0.2, -0.15) is 0 Å². The Morgan fingerprint density at radius 3 is 2.24 bits per heavy atom. The van der Waals surface area contributed by atoms with E-state index in [9.17, 15) is 0 Å². The number of guanidine groups is 1. The van der Waals surface area contributed by atoms with Crippen LogP contribution in [0.2, 0.25) is 0 Å². The molecule has 1 aromatic rings. The normalized spacial score (nSPS) is 11.2. The zero-order chi connectivity index (χ0) is 12.0. The number of halogens is 1. The summed E-state index contributed by atoms with van der Waals surface area (Å²) >= 11 is 0. The topological polar surface area (TPSA) is 53.6 Å². The minimum Gasteiger partial charge on any atom is -0.370 e. The molecular weight excluding hydrogens is 327 g/mol. The Kier molecular flexibility index (Phi) is 7.90. The fraction of sp³-hybridized carbons (Fsp3) is 0.417. The predicted octanol–water partition coefficient (Wildman–Crippen LogP) is 1.40. The first-order valence-electron chi connectivity index (χ1n) is 5.30. The molecule has 0 bridgehead atoms. The van der Waals surface area contributed by atoms with Crippen LogP contribution in [0.5, 0.6) is 0 Å². The van der Waals surface area contributed by atoms with Gasteiger partial charge in [0.2, 0.25) is 0 Å². The predicted molar refractivity (Wildman–Crippen MR) is 83.6 cm³/mol. The van der Waals surface area contributed by atoms with Crippen LogP contribution in [0.1, 0.15) is 11.1 Å². The van der Waals surface area contributed by atoms with Crippen molar-refractivity contribution in [3.63, 3.8) is 0 Å². The van der Waals surface area contributed by atoms with Crippen molar-refractivity contribution < 1.29 is 0 Å². The molecule has 0 fully saturated rings. The standard InChI is InChI=1S/C12H20N4.HI/c1-14-12(13)15-8-10-4-6-11(7-5-10)9-16(2)3;/h4-7H,8-9H2,1-3H3,(H3,13,14,15);1H. The number of benzene rings is 1. The van der Waals surface area contributed by atoms with Crippen molar-refractivity contribution >= 4 is 29.9 Å². The molecule has 1 rings (SSSR count). The zero-order valence-electron chi connectivity index (χ0n) is 10.6. The molecule has 96 valence electrons. The molecule has 0 spiro atoms. The van der Waals surface area contributed by atoms with Gasteiger partial charge in [-0.1, -0.05) is 24.3 Å². The van der Waals surface area contributed by atoms with Crippen molar-refractivity contribution in [2.45, 2.75) is 13.1 Å². The average Bonchev–Trinajstić information content (AvgIpc) is 2.27. The van der Waals surface area contributed by atoms with Crippen LogP contribution in [0.25, 0.3) is 0 Å². The van der Waals surface area contributed by atoms with Gasteiger partial charge in [-0.3, -0.25) is 4.99 Å². The quantitative estimate of drug-likeness (QED) is 0.491. The summed E-state index contributed by atoms with van der Waals surface area (Å²) in [6.45, 7) is 1.68. The van der Waals surface area contributed by atoms with Gasteiger partial charge in [0.05, 0.1) is 0 Å². The van der Waals surface area contributed by atoms with Crippen LogP contribution in [0.3, 0.4) is 0 Å². The number of nitrogens with two attached hydrogens (primary N) is 1. The Labute approximate surface area is 120 Å².